The average Bonchev–Trinajstić information content (AvgIpc) is 4.24. The lowest BCUT2D eigenvalue weighted by molar-refractivity contribution is 0.0947. The number of aromatic nitrogens is 14. The summed E-state index contributed by atoms with van der Waals surface area (Å²) in [5.41, 5.74) is 3.95. The Morgan fingerprint density at radius 2 is 0.784 bits per heavy atom. The molecule has 0 fully saturated rings. The number of nitrogens with zero attached hydrogens (tertiary/aromatic N) is 14. The van der Waals surface area contributed by atoms with Crippen LogP contribution >= 0.6 is 23.4 Å². The Hall–Kier alpha value is -5.88. The van der Waals surface area contributed by atoms with E-state index in [4.69, 9.17) is 37.1 Å². The largest absolute Gasteiger partial charge is 0.697 e. The second-order valence-electron chi connectivity index (χ2n) is 16.1. The molecule has 0 aliphatic carbocycles. The first kappa shape index (κ1) is 57.4. The molecule has 0 unspecified atom stereocenters. The van der Waals surface area contributed by atoms with Crippen molar-refractivity contribution in [1.82, 2.24) is 80.6 Å². The average molecular weight is 1090 g/mol. The van der Waals surface area contributed by atoms with Gasteiger partial charge in [-0.15, -0.1) is 29.4 Å². The van der Waals surface area contributed by atoms with Crippen LogP contribution in [0.1, 0.15) is 87.9 Å². The third-order valence-corrected chi connectivity index (χ3v) is 15.6. The number of aryl methyl sites for hydroxylation is 4. The van der Waals surface area contributed by atoms with E-state index in [1.807, 2.05) is 13.8 Å². The van der Waals surface area contributed by atoms with Gasteiger partial charge in [-0.25, -0.2) is 9.97 Å². The molecule has 74 heavy (non-hydrogen) atoms. The lowest BCUT2D eigenvalue weighted by Crippen LogP contribution is -2.22. The van der Waals surface area contributed by atoms with Crippen LogP contribution < -0.4 is 10.6 Å². The smallest absolute Gasteiger partial charge is 0.352 e. The number of hydrogen-bond donors (Lipinski definition) is 2. The van der Waals surface area contributed by atoms with E-state index in [9.17, 15) is 23.3 Å². The topological polar surface area (TPSA) is 313 Å². The van der Waals surface area contributed by atoms with Crippen molar-refractivity contribution < 1.29 is 50.4 Å². The fraction of sp³-hybridized carbons (Fsp3) is 0.545. The highest BCUT2D eigenvalue weighted by Gasteiger charge is 2.25. The lowest BCUT2D eigenvalue weighted by Gasteiger charge is -2.16. The van der Waals surface area contributed by atoms with Crippen LogP contribution in [-0.4, -0.2) is 147 Å². The van der Waals surface area contributed by atoms with Gasteiger partial charge in [0.05, 0.1) is 86.3 Å². The quantitative estimate of drug-likeness (QED) is 0.0322. The first-order valence-electron chi connectivity index (χ1n) is 24.5. The summed E-state index contributed by atoms with van der Waals surface area (Å²) in [7, 11) is -8.82. The van der Waals surface area contributed by atoms with E-state index in [0.717, 1.165) is 0 Å². The molecular weight excluding hydrogens is 1020 g/mol. The predicted molar refractivity (Wildman–Crippen MR) is 270 cm³/mol. The van der Waals surface area contributed by atoms with Crippen LogP contribution in [0, 0.1) is 0 Å². The van der Waals surface area contributed by atoms with Crippen molar-refractivity contribution in [3.63, 3.8) is 0 Å². The number of amides is 2. The lowest BCUT2D eigenvalue weighted by atomic mass is 10.1. The van der Waals surface area contributed by atoms with Crippen molar-refractivity contribution in [2.75, 3.05) is 65.1 Å². The third-order valence-electron chi connectivity index (χ3n) is 10.5. The summed E-state index contributed by atoms with van der Waals surface area (Å²) in [6.45, 7) is 14.5. The fourth-order valence-electron chi connectivity index (χ4n) is 7.21. The molecule has 6 rings (SSSR count). The Morgan fingerprint density at radius 3 is 1.07 bits per heavy atom. The van der Waals surface area contributed by atoms with Crippen molar-refractivity contribution in [2.24, 2.45) is 0 Å². The number of carbonyl (C=O) groups excluding carboxylic acids is 2. The summed E-state index contributed by atoms with van der Waals surface area (Å²) in [4.78, 5) is 35.4. The van der Waals surface area contributed by atoms with Crippen molar-refractivity contribution in [3.8, 4) is 45.6 Å². The van der Waals surface area contributed by atoms with Crippen LogP contribution in [0.15, 0.2) is 49.1 Å². The molecule has 0 aliphatic heterocycles. The molecule has 0 aliphatic rings. The van der Waals surface area contributed by atoms with E-state index in [0.29, 0.717) is 122 Å². The van der Waals surface area contributed by atoms with E-state index >= 15 is 0 Å². The van der Waals surface area contributed by atoms with Crippen LogP contribution in [-0.2, 0) is 67.0 Å². The summed E-state index contributed by atoms with van der Waals surface area (Å²) in [6.07, 6.45) is 9.03. The van der Waals surface area contributed by atoms with Gasteiger partial charge in [0.15, 0.2) is 0 Å². The molecule has 0 saturated carbocycles. The highest BCUT2D eigenvalue weighted by atomic mass is 31.2. The van der Waals surface area contributed by atoms with Gasteiger partial charge >= 0.3 is 23.4 Å². The monoisotopic (exact) mass is 1090 g/mol. The molecule has 0 radical (unpaired) electrons. The van der Waals surface area contributed by atoms with Crippen LogP contribution in [0.4, 0.5) is 0 Å². The molecule has 400 valence electrons. The van der Waals surface area contributed by atoms with Crippen LogP contribution in [0.5, 0.6) is 0 Å². The van der Waals surface area contributed by atoms with Gasteiger partial charge in [0, 0.05) is 55.0 Å². The Labute approximate surface area is 429 Å². The molecule has 0 aromatic carbocycles. The highest BCUT2D eigenvalue weighted by Crippen LogP contribution is 2.49. The van der Waals surface area contributed by atoms with Crippen LogP contribution in [0.2, 0.25) is 0 Å². The van der Waals surface area contributed by atoms with Gasteiger partial charge in [-0.05, 0) is 91.5 Å². The second-order valence-corrected chi connectivity index (χ2v) is 21.4. The number of pyridine rings is 2. The summed E-state index contributed by atoms with van der Waals surface area (Å²) < 4.78 is 77.1. The van der Waals surface area contributed by atoms with Crippen molar-refractivity contribution in [2.45, 2.75) is 93.4 Å². The van der Waals surface area contributed by atoms with Gasteiger partial charge < -0.3 is 28.7 Å². The zero-order valence-corrected chi connectivity index (χ0v) is 45.1. The minimum absolute atomic E-state index is 0.114. The Bertz CT molecular complexity index is 2670. The summed E-state index contributed by atoms with van der Waals surface area (Å²) >= 11 is 0. The molecule has 6 aromatic rings. The van der Waals surface area contributed by atoms with Crippen molar-refractivity contribution >= 4 is 35.3 Å². The van der Waals surface area contributed by atoms with Gasteiger partial charge in [-0.3, -0.25) is 37.4 Å². The maximum atomic E-state index is 13.0. The van der Waals surface area contributed by atoms with E-state index < -0.39 is 23.4 Å². The highest BCUT2D eigenvalue weighted by molar-refractivity contribution is 7.54. The molecule has 2 amide bonds. The Kier molecular flexibility index (Phi) is 22.3. The van der Waals surface area contributed by atoms with Gasteiger partial charge in [0.25, 0.3) is 11.8 Å². The first-order chi connectivity index (χ1) is 35.8. The molecular formula is C44H64N16O11P3+. The maximum Gasteiger partial charge on any atom is 0.697 e. The molecule has 0 bridgehead atoms. The van der Waals surface area contributed by atoms with Crippen LogP contribution in [0.3, 0.4) is 0 Å². The zero-order valence-electron chi connectivity index (χ0n) is 42.4. The van der Waals surface area contributed by atoms with Crippen LogP contribution in [0.25, 0.3) is 45.6 Å². The number of hydrogen-bond acceptors (Lipinski definition) is 21. The SMILES string of the molecule is CCNC(=O)c1cc(-c2cn(CCCO[P+](=O)OCCCn3cc(-c4cc(C(=O)NCC)cc(-c5cn(CCCP(=O)(OCC)OCC)nn5)n4)nn3)nn2)nc(-c2cn(CCCP(=O)(OCC)OCC)nn2)c1. The molecule has 6 heterocycles. The maximum absolute atomic E-state index is 13.0. The minimum Gasteiger partial charge on any atom is -0.352 e. The second kappa shape index (κ2) is 28.7. The third kappa shape index (κ3) is 17.1. The summed E-state index contributed by atoms with van der Waals surface area (Å²) in [5, 5.41) is 39.6. The number of rotatable bonds is 34. The molecule has 2 N–H and O–H groups in total. The Morgan fingerprint density at radius 1 is 0.486 bits per heavy atom. The number of nitrogens with one attached hydrogen (secondary N) is 2. The molecule has 30 heteroatoms. The predicted octanol–water partition coefficient (Wildman–Crippen LogP) is 6.49. The van der Waals surface area contributed by atoms with Gasteiger partial charge in [0.2, 0.25) is 0 Å². The molecule has 0 saturated heterocycles. The van der Waals surface area contributed by atoms with Gasteiger partial charge in [-0.1, -0.05) is 20.9 Å². The molecule has 27 nitrogen and oxygen atoms in total. The normalized spacial score (nSPS) is 11.9. The van der Waals surface area contributed by atoms with E-state index in [1.54, 1.807) is 95.5 Å². The summed E-state index contributed by atoms with van der Waals surface area (Å²) in [6, 6.07) is 6.50. The van der Waals surface area contributed by atoms with Crippen molar-refractivity contribution in [1.29, 1.82) is 0 Å². The molecule has 0 spiro atoms. The van der Waals surface area contributed by atoms with E-state index in [2.05, 4.69) is 51.9 Å². The number of carbonyl (C=O) groups is 2. The summed E-state index contributed by atoms with van der Waals surface area (Å²) in [5.74, 6) is -0.600. The van der Waals surface area contributed by atoms with Crippen molar-refractivity contribution in [3.05, 3.63) is 60.2 Å². The van der Waals surface area contributed by atoms with Gasteiger partial charge in [0.1, 0.15) is 36.0 Å². The molecule has 0 atom stereocenters. The zero-order chi connectivity index (χ0) is 52.9. The first-order valence-corrected chi connectivity index (χ1v) is 29.1. The van der Waals surface area contributed by atoms with Gasteiger partial charge in [-0.2, -0.15) is 0 Å². The van der Waals surface area contributed by atoms with E-state index in [-0.39, 0.29) is 63.8 Å². The fourth-order valence-corrected chi connectivity index (χ4v) is 11.1. The molecule has 6 aromatic heterocycles. The van der Waals surface area contributed by atoms with E-state index in [1.165, 1.54) is 0 Å². The Balaban J connectivity index is 0.972. The standard InChI is InChI=1S/C44H63N16O11P3/c1-7-45-43(61)33-25-35(47-37(27-33)41-31-59(55-51-41)19-15-23-73(64,68-9-3)69-10-4)39-29-57(53-49-39)17-13-21-66-72(63)67-22-14-18-58-30-40(50-54-58)36-26-34(44(62)46-8-2)28-38(48-36)42-32-60(56-52-42)20-16-24-74(65,70-11-5)71-12-6/h25-32H,7-24H2,1-6H3,(H-,45,46,61,62)/p+1. The minimum atomic E-state index is -3.20.